The van der Waals surface area contributed by atoms with Gasteiger partial charge in [-0.25, -0.2) is 9.78 Å². The lowest BCUT2D eigenvalue weighted by atomic mass is 10.1. The van der Waals surface area contributed by atoms with E-state index in [0.717, 1.165) is 16.8 Å². The Morgan fingerprint density at radius 1 is 1.05 bits per heavy atom. The molecule has 0 fully saturated rings. The highest BCUT2D eigenvalue weighted by molar-refractivity contribution is 5.97. The molecule has 3 aromatic carbocycles. The van der Waals surface area contributed by atoms with Crippen LogP contribution in [0.3, 0.4) is 0 Å². The predicted octanol–water partition coefficient (Wildman–Crippen LogP) is 3.15. The van der Waals surface area contributed by atoms with Crippen LogP contribution in [-0.2, 0) is 22.7 Å². The fraction of sp³-hybridized carbons (Fsp3) is 0.219. The third-order valence-corrected chi connectivity index (χ3v) is 6.63. The minimum absolute atomic E-state index is 0.0552. The Balaban J connectivity index is 1.37. The van der Waals surface area contributed by atoms with Gasteiger partial charge in [-0.15, -0.1) is 6.42 Å². The number of carbonyl (C=O) groups is 3. The SMILES string of the molecule is C#CCN(Cc1ccc2nc(C)[nH]c(=O)c2c1)c1ccc(C(=O)N[C@H](CCC(=O)NCc2ccccc2)C(=O)O)cc1. The molecule has 4 N–H and O–H groups in total. The molecule has 0 aliphatic rings. The van der Waals surface area contributed by atoms with Crippen molar-refractivity contribution in [1.82, 2.24) is 20.6 Å². The summed E-state index contributed by atoms with van der Waals surface area (Å²) in [5.41, 5.74) is 3.17. The van der Waals surface area contributed by atoms with E-state index in [0.29, 0.717) is 29.8 Å². The van der Waals surface area contributed by atoms with E-state index in [4.69, 9.17) is 6.42 Å². The molecule has 0 aliphatic carbocycles. The van der Waals surface area contributed by atoms with Crippen molar-refractivity contribution in [1.29, 1.82) is 0 Å². The lowest BCUT2D eigenvalue weighted by Crippen LogP contribution is -2.41. The maximum Gasteiger partial charge on any atom is 0.326 e. The molecule has 1 heterocycles. The predicted molar refractivity (Wildman–Crippen MR) is 160 cm³/mol. The first-order valence-electron chi connectivity index (χ1n) is 13.4. The fourth-order valence-electron chi connectivity index (χ4n) is 4.45. The topological polar surface area (TPSA) is 144 Å². The van der Waals surface area contributed by atoms with Crippen LogP contribution in [-0.4, -0.2) is 45.4 Å². The van der Waals surface area contributed by atoms with E-state index in [9.17, 15) is 24.3 Å². The number of nitrogens with one attached hydrogen (secondary N) is 3. The molecule has 0 radical (unpaired) electrons. The second kappa shape index (κ2) is 13.8. The minimum atomic E-state index is -1.23. The summed E-state index contributed by atoms with van der Waals surface area (Å²) < 4.78 is 0. The summed E-state index contributed by atoms with van der Waals surface area (Å²) >= 11 is 0. The van der Waals surface area contributed by atoms with Crippen molar-refractivity contribution in [2.45, 2.75) is 38.9 Å². The molecule has 4 rings (SSSR count). The van der Waals surface area contributed by atoms with E-state index in [1.165, 1.54) is 0 Å². The maximum atomic E-state index is 12.8. The van der Waals surface area contributed by atoms with Gasteiger partial charge in [-0.3, -0.25) is 14.4 Å². The molecule has 214 valence electrons. The van der Waals surface area contributed by atoms with Crippen molar-refractivity contribution in [3.8, 4) is 12.3 Å². The summed E-state index contributed by atoms with van der Waals surface area (Å²) in [4.78, 5) is 58.2. The second-order valence-electron chi connectivity index (χ2n) is 9.78. The van der Waals surface area contributed by atoms with Gasteiger partial charge >= 0.3 is 5.97 Å². The molecule has 4 aromatic rings. The molecule has 1 aromatic heterocycles. The number of aromatic amines is 1. The van der Waals surface area contributed by atoms with Crippen LogP contribution in [0.1, 0.15) is 40.2 Å². The van der Waals surface area contributed by atoms with Crippen LogP contribution in [0.4, 0.5) is 5.69 Å². The zero-order valence-corrected chi connectivity index (χ0v) is 23.1. The lowest BCUT2D eigenvalue weighted by Gasteiger charge is -2.23. The number of amides is 2. The summed E-state index contributed by atoms with van der Waals surface area (Å²) in [6.07, 6.45) is 5.50. The first kappa shape index (κ1) is 29.6. The number of aryl methyl sites for hydroxylation is 1. The molecule has 0 aliphatic heterocycles. The Labute approximate surface area is 242 Å². The summed E-state index contributed by atoms with van der Waals surface area (Å²) in [5, 5.41) is 15.3. The molecule has 0 saturated carbocycles. The summed E-state index contributed by atoms with van der Waals surface area (Å²) in [7, 11) is 0. The summed E-state index contributed by atoms with van der Waals surface area (Å²) in [5.74, 6) is 1.06. The molecule has 0 saturated heterocycles. The molecule has 0 bridgehead atoms. The summed E-state index contributed by atoms with van der Waals surface area (Å²) in [6, 6.07) is 20.2. The van der Waals surface area contributed by atoms with Gasteiger partial charge in [-0.1, -0.05) is 42.3 Å². The maximum absolute atomic E-state index is 12.8. The highest BCUT2D eigenvalue weighted by atomic mass is 16.4. The number of fused-ring (bicyclic) bond motifs is 1. The smallest absolute Gasteiger partial charge is 0.326 e. The van der Waals surface area contributed by atoms with Gasteiger partial charge in [0.15, 0.2) is 0 Å². The molecule has 2 amide bonds. The molecule has 0 unspecified atom stereocenters. The molecular formula is C32H31N5O5. The van der Waals surface area contributed by atoms with E-state index in [1.54, 1.807) is 43.3 Å². The van der Waals surface area contributed by atoms with Gasteiger partial charge in [0.25, 0.3) is 11.5 Å². The summed E-state index contributed by atoms with van der Waals surface area (Å²) in [6.45, 7) is 2.75. The van der Waals surface area contributed by atoms with Crippen LogP contribution in [0.2, 0.25) is 0 Å². The number of carbonyl (C=O) groups excluding carboxylic acids is 2. The zero-order valence-electron chi connectivity index (χ0n) is 23.1. The average Bonchev–Trinajstić information content (AvgIpc) is 2.98. The normalized spacial score (nSPS) is 11.3. The quantitative estimate of drug-likeness (QED) is 0.193. The van der Waals surface area contributed by atoms with E-state index in [-0.39, 0.29) is 36.4 Å². The van der Waals surface area contributed by atoms with E-state index in [2.05, 4.69) is 26.5 Å². The highest BCUT2D eigenvalue weighted by Crippen LogP contribution is 2.20. The van der Waals surface area contributed by atoms with E-state index >= 15 is 0 Å². The van der Waals surface area contributed by atoms with Crippen LogP contribution in [0.15, 0.2) is 77.6 Å². The van der Waals surface area contributed by atoms with E-state index in [1.807, 2.05) is 41.3 Å². The number of aliphatic carboxylic acids is 1. The van der Waals surface area contributed by atoms with Gasteiger partial charge in [0, 0.05) is 30.8 Å². The molecule has 1 atom stereocenters. The molecule has 10 nitrogen and oxygen atoms in total. The number of carboxylic acid groups (broad SMARTS) is 1. The first-order valence-corrected chi connectivity index (χ1v) is 13.4. The van der Waals surface area contributed by atoms with Crippen LogP contribution >= 0.6 is 0 Å². The van der Waals surface area contributed by atoms with Gasteiger partial charge in [0.1, 0.15) is 11.9 Å². The van der Waals surface area contributed by atoms with Crippen molar-refractivity contribution in [2.75, 3.05) is 11.4 Å². The van der Waals surface area contributed by atoms with Crippen molar-refractivity contribution < 1.29 is 19.5 Å². The Bertz CT molecular complexity index is 1680. The number of aromatic nitrogens is 2. The second-order valence-corrected chi connectivity index (χ2v) is 9.78. The van der Waals surface area contributed by atoms with Gasteiger partial charge < -0.3 is 25.6 Å². The Morgan fingerprint density at radius 2 is 1.79 bits per heavy atom. The fourth-order valence-corrected chi connectivity index (χ4v) is 4.45. The van der Waals surface area contributed by atoms with Gasteiger partial charge in [0.2, 0.25) is 5.91 Å². The number of terminal acetylenes is 1. The number of nitrogens with zero attached hydrogens (tertiary/aromatic N) is 2. The van der Waals surface area contributed by atoms with Crippen molar-refractivity contribution in [3.05, 3.63) is 106 Å². The number of anilines is 1. The monoisotopic (exact) mass is 565 g/mol. The van der Waals surface area contributed by atoms with Crippen molar-refractivity contribution in [3.63, 3.8) is 0 Å². The largest absolute Gasteiger partial charge is 0.480 e. The van der Waals surface area contributed by atoms with Gasteiger partial charge in [0.05, 0.1) is 17.4 Å². The van der Waals surface area contributed by atoms with Gasteiger partial charge in [-0.05, 0) is 60.9 Å². The van der Waals surface area contributed by atoms with E-state index < -0.39 is 17.9 Å². The first-order chi connectivity index (χ1) is 20.2. The third-order valence-electron chi connectivity index (χ3n) is 6.63. The number of carboxylic acids is 1. The number of hydrogen-bond acceptors (Lipinski definition) is 6. The molecular weight excluding hydrogens is 534 g/mol. The van der Waals surface area contributed by atoms with Crippen molar-refractivity contribution >= 4 is 34.4 Å². The van der Waals surface area contributed by atoms with Crippen LogP contribution in [0.25, 0.3) is 10.9 Å². The highest BCUT2D eigenvalue weighted by Gasteiger charge is 2.22. The minimum Gasteiger partial charge on any atom is -0.480 e. The third kappa shape index (κ3) is 7.82. The molecule has 10 heteroatoms. The van der Waals surface area contributed by atoms with Crippen LogP contribution in [0.5, 0.6) is 0 Å². The van der Waals surface area contributed by atoms with Gasteiger partial charge in [-0.2, -0.15) is 0 Å². The van der Waals surface area contributed by atoms with Crippen LogP contribution < -0.4 is 21.1 Å². The Kier molecular flexibility index (Phi) is 9.69. The number of rotatable bonds is 12. The number of benzene rings is 3. The lowest BCUT2D eigenvalue weighted by molar-refractivity contribution is -0.139. The Hall–Kier alpha value is -5.43. The zero-order chi connectivity index (χ0) is 30.1. The average molecular weight is 566 g/mol. The molecule has 0 spiro atoms. The number of H-pyrrole nitrogens is 1. The Morgan fingerprint density at radius 3 is 2.48 bits per heavy atom. The van der Waals surface area contributed by atoms with Crippen LogP contribution in [0, 0.1) is 19.3 Å². The van der Waals surface area contributed by atoms with Crippen molar-refractivity contribution in [2.24, 2.45) is 0 Å². The number of hydrogen-bond donors (Lipinski definition) is 4. The molecule has 42 heavy (non-hydrogen) atoms. The standard InChI is InChI=1S/C32H31N5O5/c1-3-17-37(20-23-9-14-27-26(18-23)31(40)35-21(2)34-27)25-12-10-24(11-13-25)30(39)36-28(32(41)42)15-16-29(38)33-19-22-7-5-4-6-8-22/h1,4-14,18,28H,15-17,19-20H2,2H3,(H,33,38)(H,36,39)(H,41,42)(H,34,35,40)/t28-/m1/s1.